The highest BCUT2D eigenvalue weighted by atomic mass is 35.5. The van der Waals surface area contributed by atoms with Crippen molar-refractivity contribution in [3.8, 4) is 0 Å². The molecule has 0 saturated heterocycles. The van der Waals surface area contributed by atoms with Crippen LogP contribution in [0.4, 0.5) is 13.6 Å². The average Bonchev–Trinajstić information content (AvgIpc) is 2.74. The molecule has 194 valence electrons. The zero-order valence-electron chi connectivity index (χ0n) is 19.9. The SMILES string of the molecule is CC(C)(C)OC(=O)N[C@H](Cc1ccccc1F)C(=O)O.COC(=O)[C@H](N)Cc1ccccc1F.Cl. The molecular weight excluding hydrogens is 486 g/mol. The zero-order chi connectivity index (χ0) is 25.9. The van der Waals surface area contributed by atoms with Gasteiger partial charge in [-0.05, 0) is 44.0 Å². The predicted molar refractivity (Wildman–Crippen MR) is 128 cm³/mol. The molecule has 4 N–H and O–H groups in total. The van der Waals surface area contributed by atoms with Gasteiger partial charge in [-0.2, -0.15) is 0 Å². The van der Waals surface area contributed by atoms with E-state index in [-0.39, 0.29) is 36.6 Å². The molecule has 0 fully saturated rings. The van der Waals surface area contributed by atoms with Gasteiger partial charge in [0.25, 0.3) is 0 Å². The fourth-order valence-corrected chi connectivity index (χ4v) is 2.67. The van der Waals surface area contributed by atoms with Gasteiger partial charge in [0.15, 0.2) is 0 Å². The van der Waals surface area contributed by atoms with E-state index in [1.54, 1.807) is 45.0 Å². The summed E-state index contributed by atoms with van der Waals surface area (Å²) in [6.45, 7) is 5.00. The zero-order valence-corrected chi connectivity index (χ0v) is 20.7. The number of carboxylic acids is 1. The first-order valence-electron chi connectivity index (χ1n) is 10.4. The molecule has 11 heteroatoms. The smallest absolute Gasteiger partial charge is 0.408 e. The third kappa shape index (κ3) is 12.2. The molecule has 35 heavy (non-hydrogen) atoms. The lowest BCUT2D eigenvalue weighted by Gasteiger charge is -2.22. The van der Waals surface area contributed by atoms with Crippen LogP contribution in [0.5, 0.6) is 0 Å². The fraction of sp³-hybridized carbons (Fsp3) is 0.375. The Morgan fingerprint density at radius 2 is 1.43 bits per heavy atom. The Morgan fingerprint density at radius 1 is 0.971 bits per heavy atom. The number of hydrogen-bond donors (Lipinski definition) is 3. The minimum atomic E-state index is -1.25. The number of nitrogens with one attached hydrogen (secondary N) is 1. The molecule has 0 saturated carbocycles. The van der Waals surface area contributed by atoms with Crippen molar-refractivity contribution in [2.45, 2.75) is 51.3 Å². The van der Waals surface area contributed by atoms with Gasteiger partial charge in [-0.3, -0.25) is 4.79 Å². The van der Waals surface area contributed by atoms with E-state index in [1.807, 2.05) is 0 Å². The second-order valence-electron chi connectivity index (χ2n) is 8.26. The van der Waals surface area contributed by atoms with Gasteiger partial charge in [-0.25, -0.2) is 18.4 Å². The van der Waals surface area contributed by atoms with Gasteiger partial charge in [0, 0.05) is 12.8 Å². The number of nitrogens with two attached hydrogens (primary N) is 1. The van der Waals surface area contributed by atoms with E-state index in [4.69, 9.17) is 15.6 Å². The standard InChI is InChI=1S/C14H18FNO4.C10H12FNO2.ClH/c1-14(2,3)20-13(19)16-11(12(17)18)8-9-6-4-5-7-10(9)15;1-14-10(13)9(12)6-7-4-2-3-5-8(7)11;/h4-7,11H,8H2,1-3H3,(H,16,19)(H,17,18);2-5,9H,6,12H2,1H3;1H/t11-;9-;/m11./s1. The van der Waals surface area contributed by atoms with E-state index in [2.05, 4.69) is 10.1 Å². The van der Waals surface area contributed by atoms with Crippen LogP contribution in [0.1, 0.15) is 31.9 Å². The number of rotatable bonds is 7. The lowest BCUT2D eigenvalue weighted by molar-refractivity contribution is -0.142. The summed E-state index contributed by atoms with van der Waals surface area (Å²) in [5, 5.41) is 11.3. The summed E-state index contributed by atoms with van der Waals surface area (Å²) in [5.41, 5.74) is 5.40. The van der Waals surface area contributed by atoms with Crippen molar-refractivity contribution >= 4 is 30.4 Å². The lowest BCUT2D eigenvalue weighted by Crippen LogP contribution is -2.44. The highest BCUT2D eigenvalue weighted by Crippen LogP contribution is 2.11. The van der Waals surface area contributed by atoms with Crippen LogP contribution in [0.15, 0.2) is 48.5 Å². The van der Waals surface area contributed by atoms with Crippen LogP contribution in [0.2, 0.25) is 0 Å². The van der Waals surface area contributed by atoms with Crippen molar-refractivity contribution in [2.24, 2.45) is 5.73 Å². The number of carbonyl (C=O) groups excluding carboxylic acids is 2. The Bertz CT molecular complexity index is 984. The molecule has 0 spiro atoms. The molecule has 2 rings (SSSR count). The Balaban J connectivity index is 0.000000680. The Hall–Kier alpha value is -3.24. The molecule has 0 unspecified atom stereocenters. The maximum Gasteiger partial charge on any atom is 0.408 e. The first-order valence-corrected chi connectivity index (χ1v) is 10.4. The number of esters is 1. The summed E-state index contributed by atoms with van der Waals surface area (Å²) in [6.07, 6.45) is -0.845. The van der Waals surface area contributed by atoms with E-state index >= 15 is 0 Å². The molecule has 0 heterocycles. The molecule has 0 radical (unpaired) electrons. The summed E-state index contributed by atoms with van der Waals surface area (Å²) in [7, 11) is 1.25. The molecule has 0 aliphatic heterocycles. The van der Waals surface area contributed by atoms with E-state index in [1.165, 1.54) is 31.4 Å². The van der Waals surface area contributed by atoms with Gasteiger partial charge in [-0.1, -0.05) is 36.4 Å². The van der Waals surface area contributed by atoms with Gasteiger partial charge in [0.2, 0.25) is 0 Å². The van der Waals surface area contributed by atoms with E-state index < -0.39 is 41.5 Å². The number of alkyl carbamates (subject to hydrolysis) is 1. The van der Waals surface area contributed by atoms with E-state index in [0.29, 0.717) is 5.56 Å². The largest absolute Gasteiger partial charge is 0.480 e. The number of aliphatic carboxylic acids is 1. The van der Waals surface area contributed by atoms with Gasteiger partial charge < -0.3 is 25.6 Å². The van der Waals surface area contributed by atoms with Crippen molar-refractivity contribution in [3.63, 3.8) is 0 Å². The molecular formula is C24H31ClF2N2O6. The molecule has 2 atom stereocenters. The molecule has 8 nitrogen and oxygen atoms in total. The van der Waals surface area contributed by atoms with E-state index in [0.717, 1.165) is 0 Å². The molecule has 2 aromatic rings. The number of hydrogen-bond acceptors (Lipinski definition) is 6. The number of benzene rings is 2. The summed E-state index contributed by atoms with van der Waals surface area (Å²) >= 11 is 0. The molecule has 0 aromatic heterocycles. The normalized spacial score (nSPS) is 12.1. The second kappa shape index (κ2) is 14.9. The van der Waals surface area contributed by atoms with Gasteiger partial charge in [0.05, 0.1) is 7.11 Å². The average molecular weight is 517 g/mol. The van der Waals surface area contributed by atoms with Crippen molar-refractivity contribution in [3.05, 3.63) is 71.3 Å². The van der Waals surface area contributed by atoms with Gasteiger partial charge in [-0.15, -0.1) is 12.4 Å². The second-order valence-corrected chi connectivity index (χ2v) is 8.26. The highest BCUT2D eigenvalue weighted by molar-refractivity contribution is 5.85. The highest BCUT2D eigenvalue weighted by Gasteiger charge is 2.25. The maximum atomic E-state index is 13.5. The molecule has 1 amide bonds. The summed E-state index contributed by atoms with van der Waals surface area (Å²) in [4.78, 5) is 33.6. The minimum Gasteiger partial charge on any atom is -0.480 e. The van der Waals surface area contributed by atoms with Crippen LogP contribution < -0.4 is 11.1 Å². The van der Waals surface area contributed by atoms with Crippen LogP contribution in [0.3, 0.4) is 0 Å². The molecule has 2 aromatic carbocycles. The quantitative estimate of drug-likeness (QED) is 0.479. The predicted octanol–water partition coefficient (Wildman–Crippen LogP) is 3.64. The topological polar surface area (TPSA) is 128 Å². The fourth-order valence-electron chi connectivity index (χ4n) is 2.67. The van der Waals surface area contributed by atoms with Crippen LogP contribution in [-0.4, -0.2) is 47.9 Å². The van der Waals surface area contributed by atoms with Gasteiger partial charge in [0.1, 0.15) is 29.3 Å². The van der Waals surface area contributed by atoms with Crippen LogP contribution in [0.25, 0.3) is 0 Å². The first-order chi connectivity index (χ1) is 15.8. The Kier molecular flexibility index (Phi) is 13.5. The van der Waals surface area contributed by atoms with Gasteiger partial charge >= 0.3 is 18.0 Å². The van der Waals surface area contributed by atoms with Crippen LogP contribution in [-0.2, 0) is 31.9 Å². The Morgan fingerprint density at radius 3 is 1.83 bits per heavy atom. The number of ether oxygens (including phenoxy) is 2. The maximum absolute atomic E-state index is 13.5. The Labute approximate surface area is 209 Å². The summed E-state index contributed by atoms with van der Waals surface area (Å²) < 4.78 is 36.0. The number of halogens is 3. The molecule has 0 aliphatic carbocycles. The molecule has 0 bridgehead atoms. The minimum absolute atomic E-state index is 0. The number of methoxy groups -OCH3 is 1. The van der Waals surface area contributed by atoms with Crippen molar-refractivity contribution in [1.29, 1.82) is 0 Å². The number of carbonyl (C=O) groups is 3. The number of amides is 1. The first kappa shape index (κ1) is 31.8. The lowest BCUT2D eigenvalue weighted by atomic mass is 10.1. The molecule has 0 aliphatic rings. The van der Waals surface area contributed by atoms with Crippen LogP contribution >= 0.6 is 12.4 Å². The third-order valence-electron chi connectivity index (χ3n) is 4.27. The van der Waals surface area contributed by atoms with Crippen molar-refractivity contribution in [2.75, 3.05) is 7.11 Å². The van der Waals surface area contributed by atoms with Crippen molar-refractivity contribution in [1.82, 2.24) is 5.32 Å². The van der Waals surface area contributed by atoms with Crippen LogP contribution in [0, 0.1) is 11.6 Å². The third-order valence-corrected chi connectivity index (χ3v) is 4.27. The summed E-state index contributed by atoms with van der Waals surface area (Å²) in [6, 6.07) is 9.98. The summed E-state index contributed by atoms with van der Waals surface area (Å²) in [5.74, 6) is -2.65. The van der Waals surface area contributed by atoms with Crippen molar-refractivity contribution < 1.29 is 37.7 Å². The number of carboxylic acid groups (broad SMARTS) is 1. The van der Waals surface area contributed by atoms with E-state index in [9.17, 15) is 23.2 Å². The monoisotopic (exact) mass is 516 g/mol.